The van der Waals surface area contributed by atoms with Crippen LogP contribution in [0.3, 0.4) is 0 Å². The summed E-state index contributed by atoms with van der Waals surface area (Å²) >= 11 is 5.19. The van der Waals surface area contributed by atoms with Crippen molar-refractivity contribution in [2.24, 2.45) is 0 Å². The molecule has 0 radical (unpaired) electrons. The minimum Gasteiger partial charge on any atom is -0.466 e. The number of ether oxygens (including phenoxy) is 1. The molecule has 9 nitrogen and oxygen atoms in total. The van der Waals surface area contributed by atoms with Crippen LogP contribution >= 0.6 is 12.2 Å². The van der Waals surface area contributed by atoms with Gasteiger partial charge in [-0.05, 0) is 49.9 Å². The van der Waals surface area contributed by atoms with Crippen molar-refractivity contribution in [3.8, 4) is 0 Å². The molecule has 0 atom stereocenters. The van der Waals surface area contributed by atoms with Crippen LogP contribution in [0.1, 0.15) is 33.1 Å². The summed E-state index contributed by atoms with van der Waals surface area (Å²) in [5.41, 5.74) is 0.704. The van der Waals surface area contributed by atoms with Crippen molar-refractivity contribution >= 4 is 35.3 Å². The fourth-order valence-electron chi connectivity index (χ4n) is 2.60. The number of carbonyl (C=O) groups is 3. The maximum absolute atomic E-state index is 12.1. The number of imide groups is 1. The third-order valence-corrected chi connectivity index (χ3v) is 4.75. The first kappa shape index (κ1) is 26.3. The van der Waals surface area contributed by atoms with Crippen molar-refractivity contribution in [3.05, 3.63) is 36.6 Å². The van der Waals surface area contributed by atoms with Gasteiger partial charge in [0.15, 0.2) is 0 Å². The highest BCUT2D eigenvalue weighted by Gasteiger charge is 2.33. The number of thiocarbonyl (C=S) groups is 1. The number of nitrogens with zero attached hydrogens (tertiary/aromatic N) is 3. The van der Waals surface area contributed by atoms with E-state index >= 15 is 0 Å². The first-order valence-electron chi connectivity index (χ1n) is 10.3. The van der Waals surface area contributed by atoms with Gasteiger partial charge in [-0.2, -0.15) is 0 Å². The minimum absolute atomic E-state index is 0.0403. The summed E-state index contributed by atoms with van der Waals surface area (Å²) in [6, 6.07) is 0. The molecule has 31 heavy (non-hydrogen) atoms. The Labute approximate surface area is 189 Å². The number of carbonyl (C=O) groups excluding carboxylic acids is 3. The zero-order valence-electron chi connectivity index (χ0n) is 18.5. The molecule has 1 aliphatic heterocycles. The standard InChI is InChI=1S/C21H32N4O5S/c1-5-9-17(16-29-20(31)22-13-8-14-24(6-2)7-3)12-15-23(4)21(28)30-25-18(26)10-11-19(25)27/h5,9,12,15H,1,6-8,10-11,13-14,16H2,2-4H3,(H,22,31)/b15-12-,17-9+. The largest absolute Gasteiger partial charge is 0.466 e. The van der Waals surface area contributed by atoms with Crippen LogP contribution in [0.15, 0.2) is 36.6 Å². The molecule has 1 saturated heterocycles. The first-order valence-corrected chi connectivity index (χ1v) is 10.7. The molecule has 0 unspecified atom stereocenters. The van der Waals surface area contributed by atoms with Crippen molar-refractivity contribution < 1.29 is 24.0 Å². The van der Waals surface area contributed by atoms with E-state index in [1.165, 1.54) is 13.2 Å². The predicted molar refractivity (Wildman–Crippen MR) is 122 cm³/mol. The lowest BCUT2D eigenvalue weighted by Gasteiger charge is -2.18. The van der Waals surface area contributed by atoms with Crippen LogP contribution in [-0.2, 0) is 19.2 Å². The van der Waals surface area contributed by atoms with Crippen LogP contribution in [-0.4, -0.2) is 77.8 Å². The molecule has 1 rings (SSSR count). The summed E-state index contributed by atoms with van der Waals surface area (Å²) < 4.78 is 5.55. The summed E-state index contributed by atoms with van der Waals surface area (Å²) in [6.07, 6.45) is 6.54. The summed E-state index contributed by atoms with van der Waals surface area (Å²) in [7, 11) is 1.44. The van der Waals surface area contributed by atoms with Crippen LogP contribution in [0.2, 0.25) is 0 Å². The van der Waals surface area contributed by atoms with Crippen molar-refractivity contribution in [1.29, 1.82) is 0 Å². The molecule has 1 heterocycles. The third-order valence-electron chi connectivity index (χ3n) is 4.49. The van der Waals surface area contributed by atoms with Gasteiger partial charge in [0.1, 0.15) is 6.61 Å². The molecule has 0 aliphatic carbocycles. The molecule has 0 saturated carbocycles. The number of nitrogens with one attached hydrogen (secondary N) is 1. The van der Waals surface area contributed by atoms with E-state index in [-0.39, 0.29) is 19.4 Å². The van der Waals surface area contributed by atoms with Crippen molar-refractivity contribution in [2.45, 2.75) is 33.1 Å². The molecular formula is C21H32N4O5S. The van der Waals surface area contributed by atoms with Gasteiger partial charge in [-0.15, -0.1) is 5.06 Å². The van der Waals surface area contributed by atoms with E-state index in [1.807, 2.05) is 0 Å². The smallest absolute Gasteiger partial charge is 0.438 e. The quantitative estimate of drug-likeness (QED) is 0.209. The Morgan fingerprint density at radius 2 is 1.90 bits per heavy atom. The van der Waals surface area contributed by atoms with E-state index in [1.54, 1.807) is 18.2 Å². The van der Waals surface area contributed by atoms with E-state index in [4.69, 9.17) is 21.8 Å². The molecule has 0 spiro atoms. The molecule has 0 aromatic heterocycles. The van der Waals surface area contributed by atoms with E-state index in [9.17, 15) is 14.4 Å². The zero-order valence-corrected chi connectivity index (χ0v) is 19.3. The van der Waals surface area contributed by atoms with Crippen LogP contribution in [0.4, 0.5) is 4.79 Å². The Hall–Kier alpha value is -2.72. The Balaban J connectivity index is 2.44. The molecule has 0 aromatic carbocycles. The lowest BCUT2D eigenvalue weighted by Crippen LogP contribution is -2.36. The molecule has 0 aromatic rings. The van der Waals surface area contributed by atoms with Gasteiger partial charge in [-0.3, -0.25) is 14.5 Å². The molecule has 1 N–H and O–H groups in total. The summed E-state index contributed by atoms with van der Waals surface area (Å²) in [5.74, 6) is -1.07. The van der Waals surface area contributed by atoms with Crippen LogP contribution < -0.4 is 5.32 Å². The maximum Gasteiger partial charge on any atom is 0.438 e. The number of allylic oxidation sites excluding steroid dienone is 2. The van der Waals surface area contributed by atoms with E-state index in [0.717, 1.165) is 31.0 Å². The molecule has 172 valence electrons. The lowest BCUT2D eigenvalue weighted by molar-refractivity contribution is -0.172. The van der Waals surface area contributed by atoms with Crippen LogP contribution in [0, 0.1) is 0 Å². The second-order valence-electron chi connectivity index (χ2n) is 6.73. The number of hydroxylamine groups is 2. The van der Waals surface area contributed by atoms with E-state index in [2.05, 4.69) is 30.6 Å². The Bertz CT molecular complexity index is 703. The Morgan fingerprint density at radius 3 is 2.48 bits per heavy atom. The van der Waals surface area contributed by atoms with Crippen molar-refractivity contribution in [3.63, 3.8) is 0 Å². The van der Waals surface area contributed by atoms with Gasteiger partial charge in [-0.1, -0.05) is 32.6 Å². The SMILES string of the molecule is C=C/C=C(\C=C/N(C)C(=O)ON1C(=O)CCC1=O)COC(=S)NCCCN(CC)CC. The minimum atomic E-state index is -0.857. The molecule has 1 aliphatic rings. The predicted octanol–water partition coefficient (Wildman–Crippen LogP) is 2.37. The topological polar surface area (TPSA) is 91.4 Å². The van der Waals surface area contributed by atoms with Gasteiger partial charge in [0.2, 0.25) is 0 Å². The van der Waals surface area contributed by atoms with Gasteiger partial charge >= 0.3 is 6.09 Å². The average molecular weight is 453 g/mol. The van der Waals surface area contributed by atoms with Gasteiger partial charge < -0.3 is 19.8 Å². The van der Waals surface area contributed by atoms with Gasteiger partial charge in [0.25, 0.3) is 17.0 Å². The van der Waals surface area contributed by atoms with Crippen molar-refractivity contribution in [1.82, 2.24) is 20.2 Å². The van der Waals surface area contributed by atoms with Crippen LogP contribution in [0.5, 0.6) is 0 Å². The highest BCUT2D eigenvalue weighted by atomic mass is 32.1. The number of hydrogen-bond donors (Lipinski definition) is 1. The van der Waals surface area contributed by atoms with E-state index in [0.29, 0.717) is 22.4 Å². The second kappa shape index (κ2) is 14.3. The molecule has 0 bridgehead atoms. The normalized spacial score (nSPS) is 14.3. The summed E-state index contributed by atoms with van der Waals surface area (Å²) in [5, 5.41) is 3.86. The number of hydrogen-bond acceptors (Lipinski definition) is 7. The summed E-state index contributed by atoms with van der Waals surface area (Å²) in [4.78, 5) is 43.4. The van der Waals surface area contributed by atoms with E-state index < -0.39 is 17.9 Å². The molecule has 3 amide bonds. The fraction of sp³-hybridized carbons (Fsp3) is 0.524. The monoisotopic (exact) mass is 452 g/mol. The Kier molecular flexibility index (Phi) is 12.2. The molecule has 10 heteroatoms. The fourth-order valence-corrected chi connectivity index (χ4v) is 2.77. The molecule has 1 fully saturated rings. The second-order valence-corrected chi connectivity index (χ2v) is 7.10. The van der Waals surface area contributed by atoms with Crippen molar-refractivity contribution in [2.75, 3.05) is 39.8 Å². The first-order chi connectivity index (χ1) is 14.8. The summed E-state index contributed by atoms with van der Waals surface area (Å²) in [6.45, 7) is 11.9. The van der Waals surface area contributed by atoms with Gasteiger partial charge in [-0.25, -0.2) is 4.79 Å². The third kappa shape index (κ3) is 9.75. The van der Waals surface area contributed by atoms with Gasteiger partial charge in [0, 0.05) is 32.6 Å². The van der Waals surface area contributed by atoms with Gasteiger partial charge in [0.05, 0.1) is 0 Å². The average Bonchev–Trinajstić information content (AvgIpc) is 3.07. The highest BCUT2D eigenvalue weighted by Crippen LogP contribution is 2.13. The molecular weight excluding hydrogens is 420 g/mol. The zero-order chi connectivity index (χ0) is 23.2. The number of amides is 3. The van der Waals surface area contributed by atoms with Crippen LogP contribution in [0.25, 0.3) is 0 Å². The highest BCUT2D eigenvalue weighted by molar-refractivity contribution is 7.80. The Morgan fingerprint density at radius 1 is 1.26 bits per heavy atom. The number of rotatable bonds is 12. The maximum atomic E-state index is 12.1. The lowest BCUT2D eigenvalue weighted by atomic mass is 10.2.